The third-order valence-electron chi connectivity index (χ3n) is 17.0. The smallest absolute Gasteiger partial charge is 0.157 e. The maximum Gasteiger partial charge on any atom is 0.157 e. The topological polar surface area (TPSA) is 36.9 Å². The van der Waals surface area contributed by atoms with Crippen LogP contribution in [0.5, 0.6) is 0 Å². The standard InChI is InChI=1S/C69H136O4S2/c1-3-5-7-9-11-13-15-17-19-21-23-25-27-29-31-33-35-37-39-41-43-45-47-49-51-53-59-74-61-55-57-67-70-63-69(64-71-67)65-72-68(73-66-69)58-56-62-75-60-54-52-50-48-46-44-42-40-38-36-34-32-30-28-26-24-22-20-18-16-14-12-10-8-6-4-2/h67-68H,3-66H2,1-2H3. The largest absolute Gasteiger partial charge is 0.352 e. The second-order valence-electron chi connectivity index (χ2n) is 24.8. The van der Waals surface area contributed by atoms with Crippen LogP contribution in [0.25, 0.3) is 0 Å². The van der Waals surface area contributed by atoms with Gasteiger partial charge in [-0.1, -0.05) is 335 Å². The van der Waals surface area contributed by atoms with E-state index in [0.29, 0.717) is 26.4 Å². The van der Waals surface area contributed by atoms with E-state index in [0.717, 1.165) is 12.8 Å². The quantitative estimate of drug-likeness (QED) is 0.0565. The van der Waals surface area contributed by atoms with Gasteiger partial charge in [-0.15, -0.1) is 0 Å². The van der Waals surface area contributed by atoms with E-state index in [2.05, 4.69) is 37.4 Å². The van der Waals surface area contributed by atoms with Crippen LogP contribution in [0, 0.1) is 5.41 Å². The van der Waals surface area contributed by atoms with Crippen LogP contribution < -0.4 is 0 Å². The molecule has 75 heavy (non-hydrogen) atoms. The van der Waals surface area contributed by atoms with Gasteiger partial charge in [0.2, 0.25) is 0 Å². The first-order valence-electron chi connectivity index (χ1n) is 34.9. The second kappa shape index (κ2) is 59.2. The molecule has 2 aliphatic heterocycles. The van der Waals surface area contributed by atoms with Gasteiger partial charge in [-0.05, 0) is 61.5 Å². The van der Waals surface area contributed by atoms with Gasteiger partial charge in [-0.2, -0.15) is 23.5 Å². The van der Waals surface area contributed by atoms with Gasteiger partial charge < -0.3 is 18.9 Å². The molecule has 0 saturated carbocycles. The molecule has 0 atom stereocenters. The normalized spacial score (nSPS) is 18.0. The van der Waals surface area contributed by atoms with Crippen LogP contribution in [0.2, 0.25) is 0 Å². The fraction of sp³-hybridized carbons (Fsp3) is 1.00. The second-order valence-corrected chi connectivity index (χ2v) is 27.2. The molecule has 2 aliphatic rings. The van der Waals surface area contributed by atoms with Crippen molar-refractivity contribution in [2.24, 2.45) is 5.41 Å². The summed E-state index contributed by atoms with van der Waals surface area (Å²) in [5, 5.41) is 0. The molecule has 448 valence electrons. The van der Waals surface area contributed by atoms with Crippen LogP contribution in [-0.4, -0.2) is 62.0 Å². The van der Waals surface area contributed by atoms with Crippen LogP contribution in [0.4, 0.5) is 0 Å². The molecular weight excluding hydrogens is 957 g/mol. The first kappa shape index (κ1) is 71.6. The summed E-state index contributed by atoms with van der Waals surface area (Å²) < 4.78 is 24.8. The summed E-state index contributed by atoms with van der Waals surface area (Å²) in [6.07, 6.45) is 80.2. The van der Waals surface area contributed by atoms with Gasteiger partial charge in [0.15, 0.2) is 12.6 Å². The summed E-state index contributed by atoms with van der Waals surface area (Å²) in [5.74, 6) is 5.06. The maximum atomic E-state index is 6.20. The molecular formula is C69H136O4S2. The van der Waals surface area contributed by atoms with E-state index in [1.54, 1.807) is 0 Å². The number of thioether (sulfide) groups is 2. The zero-order valence-electron chi connectivity index (χ0n) is 51.4. The predicted molar refractivity (Wildman–Crippen MR) is 338 cm³/mol. The molecule has 2 fully saturated rings. The Kier molecular flexibility index (Phi) is 56.5. The number of hydrogen-bond donors (Lipinski definition) is 0. The van der Waals surface area contributed by atoms with Crippen molar-refractivity contribution < 1.29 is 18.9 Å². The molecule has 0 amide bonds. The molecule has 0 radical (unpaired) electrons. The minimum absolute atomic E-state index is 0.0529. The molecule has 6 heteroatoms. The fourth-order valence-corrected chi connectivity index (χ4v) is 13.7. The molecule has 2 heterocycles. The lowest BCUT2D eigenvalue weighted by Gasteiger charge is -2.43. The monoisotopic (exact) mass is 1090 g/mol. The number of unbranched alkanes of at least 4 members (excludes halogenated alkanes) is 50. The minimum Gasteiger partial charge on any atom is -0.352 e. The van der Waals surface area contributed by atoms with Gasteiger partial charge in [-0.25, -0.2) is 0 Å². The number of rotatable bonds is 62. The zero-order chi connectivity index (χ0) is 53.2. The van der Waals surface area contributed by atoms with Crippen molar-refractivity contribution >= 4 is 23.5 Å². The zero-order valence-corrected chi connectivity index (χ0v) is 53.0. The van der Waals surface area contributed by atoms with Crippen LogP contribution >= 0.6 is 23.5 Å². The summed E-state index contributed by atoms with van der Waals surface area (Å²) in [5.41, 5.74) is -0.119. The Morgan fingerprint density at radius 3 is 0.573 bits per heavy atom. The first-order chi connectivity index (χ1) is 37.3. The highest BCUT2D eigenvalue weighted by Crippen LogP contribution is 2.32. The van der Waals surface area contributed by atoms with Gasteiger partial charge in [0.1, 0.15) is 0 Å². The SMILES string of the molecule is CCCCCCCCCCCCCCCCCCCCCCCCCCCCSCCCC1OCC2(CO1)COC(CCCSCCCCCCCCCCCCCCCCCCCCCCCCCCCC)OC2. The third kappa shape index (κ3) is 50.0. The predicted octanol–water partition coefficient (Wildman–Crippen LogP) is 24.1. The molecule has 0 aliphatic carbocycles. The van der Waals surface area contributed by atoms with Gasteiger partial charge in [0.25, 0.3) is 0 Å². The van der Waals surface area contributed by atoms with E-state index in [1.807, 2.05) is 0 Å². The average Bonchev–Trinajstić information content (AvgIpc) is 3.43. The van der Waals surface area contributed by atoms with Gasteiger partial charge in [-0.3, -0.25) is 0 Å². The van der Waals surface area contributed by atoms with Crippen LogP contribution in [-0.2, 0) is 18.9 Å². The molecule has 2 rings (SSSR count). The molecule has 0 aromatic heterocycles. The molecule has 4 nitrogen and oxygen atoms in total. The average molecular weight is 1090 g/mol. The van der Waals surface area contributed by atoms with Crippen molar-refractivity contribution in [3.8, 4) is 0 Å². The molecule has 0 unspecified atom stereocenters. The molecule has 0 aromatic rings. The van der Waals surface area contributed by atoms with E-state index in [-0.39, 0.29) is 18.0 Å². The van der Waals surface area contributed by atoms with Gasteiger partial charge in [0.05, 0.1) is 31.8 Å². The van der Waals surface area contributed by atoms with Crippen LogP contribution in [0.3, 0.4) is 0 Å². The Morgan fingerprint density at radius 1 is 0.227 bits per heavy atom. The number of ether oxygens (including phenoxy) is 4. The van der Waals surface area contributed by atoms with Crippen molar-refractivity contribution in [1.29, 1.82) is 0 Å². The molecule has 2 saturated heterocycles. The summed E-state index contributed by atoms with van der Waals surface area (Å²) in [6.45, 7) is 7.43. The van der Waals surface area contributed by atoms with Crippen molar-refractivity contribution in [3.05, 3.63) is 0 Å². The Hall–Kier alpha value is 0.540. The Labute approximate surface area is 480 Å². The van der Waals surface area contributed by atoms with Crippen LogP contribution in [0.15, 0.2) is 0 Å². The summed E-state index contributed by atoms with van der Waals surface area (Å²) in [6, 6.07) is 0. The van der Waals surface area contributed by atoms with E-state index in [9.17, 15) is 0 Å². The van der Waals surface area contributed by atoms with E-state index in [1.165, 1.54) is 370 Å². The lowest BCUT2D eigenvalue weighted by Crippen LogP contribution is -2.52. The first-order valence-corrected chi connectivity index (χ1v) is 37.2. The van der Waals surface area contributed by atoms with E-state index >= 15 is 0 Å². The van der Waals surface area contributed by atoms with Gasteiger partial charge >= 0.3 is 0 Å². The molecule has 0 bridgehead atoms. The Balaban J connectivity index is 1.19. The summed E-state index contributed by atoms with van der Waals surface area (Å²) >= 11 is 4.25. The Morgan fingerprint density at radius 2 is 0.387 bits per heavy atom. The highest BCUT2D eigenvalue weighted by molar-refractivity contribution is 7.99. The van der Waals surface area contributed by atoms with Crippen LogP contribution in [0.1, 0.15) is 373 Å². The molecule has 1 spiro atoms. The van der Waals surface area contributed by atoms with Crippen molar-refractivity contribution in [3.63, 3.8) is 0 Å². The fourth-order valence-electron chi connectivity index (χ4n) is 11.7. The van der Waals surface area contributed by atoms with Crippen molar-refractivity contribution in [1.82, 2.24) is 0 Å². The highest BCUT2D eigenvalue weighted by atomic mass is 32.2. The highest BCUT2D eigenvalue weighted by Gasteiger charge is 2.41. The lowest BCUT2D eigenvalue weighted by molar-refractivity contribution is -0.303. The summed E-state index contributed by atoms with van der Waals surface area (Å²) in [7, 11) is 0. The molecule has 0 N–H and O–H groups in total. The Bertz CT molecular complexity index is 975. The van der Waals surface area contributed by atoms with Crippen molar-refractivity contribution in [2.45, 2.75) is 386 Å². The summed E-state index contributed by atoms with van der Waals surface area (Å²) in [4.78, 5) is 0. The number of hydrogen-bond acceptors (Lipinski definition) is 6. The van der Waals surface area contributed by atoms with E-state index in [4.69, 9.17) is 18.9 Å². The maximum absolute atomic E-state index is 6.20. The van der Waals surface area contributed by atoms with Crippen molar-refractivity contribution in [2.75, 3.05) is 49.4 Å². The minimum atomic E-state index is -0.119. The lowest BCUT2D eigenvalue weighted by atomic mass is 9.90. The molecule has 0 aromatic carbocycles. The third-order valence-corrected chi connectivity index (χ3v) is 19.4. The van der Waals surface area contributed by atoms with E-state index < -0.39 is 0 Å². The van der Waals surface area contributed by atoms with Gasteiger partial charge in [0, 0.05) is 0 Å².